The summed E-state index contributed by atoms with van der Waals surface area (Å²) < 4.78 is 1.85. The molecule has 0 saturated carbocycles. The largest absolute Gasteiger partial charge is 0.325 e. The van der Waals surface area contributed by atoms with E-state index in [-0.39, 0.29) is 11.3 Å². The Bertz CT molecular complexity index is 383. The Morgan fingerprint density at radius 2 is 1.87 bits per heavy atom. The van der Waals surface area contributed by atoms with Crippen molar-refractivity contribution >= 4 is 43.5 Å². The van der Waals surface area contributed by atoms with E-state index in [0.29, 0.717) is 0 Å². The maximum absolute atomic E-state index is 11.7. The number of anilines is 1. The Hall–Kier alpha value is -0.350. The highest BCUT2D eigenvalue weighted by Crippen LogP contribution is 2.27. The summed E-state index contributed by atoms with van der Waals surface area (Å²) in [5.41, 5.74) is 0.408. The number of amides is 1. The number of halogens is 2. The van der Waals surface area contributed by atoms with Crippen LogP contribution in [-0.2, 0) is 4.79 Å². The van der Waals surface area contributed by atoms with E-state index in [4.69, 9.17) is 0 Å². The van der Waals surface area contributed by atoms with Crippen LogP contribution in [0, 0.1) is 5.41 Å². The molecule has 82 valence electrons. The van der Waals surface area contributed by atoms with E-state index in [9.17, 15) is 4.79 Å². The fourth-order valence-corrected chi connectivity index (χ4v) is 2.05. The molecule has 1 N–H and O–H groups in total. The smallest absolute Gasteiger partial charge is 0.229 e. The molecule has 1 aromatic rings. The quantitative estimate of drug-likeness (QED) is 0.819. The zero-order valence-electron chi connectivity index (χ0n) is 8.90. The normalized spacial score (nSPS) is 11.3. The van der Waals surface area contributed by atoms with E-state index in [0.717, 1.165) is 14.6 Å². The van der Waals surface area contributed by atoms with Crippen LogP contribution in [0.15, 0.2) is 27.1 Å². The summed E-state index contributed by atoms with van der Waals surface area (Å²) in [7, 11) is 0. The molecule has 4 heteroatoms. The number of hydrogen-bond donors (Lipinski definition) is 1. The molecule has 0 radical (unpaired) electrons. The van der Waals surface area contributed by atoms with Gasteiger partial charge in [0, 0.05) is 14.4 Å². The van der Waals surface area contributed by atoms with Crippen LogP contribution in [0.3, 0.4) is 0 Å². The first-order valence-electron chi connectivity index (χ1n) is 4.57. The molecule has 0 heterocycles. The van der Waals surface area contributed by atoms with Crippen molar-refractivity contribution in [2.45, 2.75) is 20.8 Å². The van der Waals surface area contributed by atoms with Gasteiger partial charge in [-0.3, -0.25) is 4.79 Å². The summed E-state index contributed by atoms with van der Waals surface area (Å²) in [6.45, 7) is 5.65. The third kappa shape index (κ3) is 3.61. The van der Waals surface area contributed by atoms with Crippen molar-refractivity contribution in [2.75, 3.05) is 5.32 Å². The minimum absolute atomic E-state index is 0.00511. The Balaban J connectivity index is 2.87. The molecule has 1 amide bonds. The van der Waals surface area contributed by atoms with Crippen molar-refractivity contribution in [1.82, 2.24) is 0 Å². The van der Waals surface area contributed by atoms with Crippen molar-refractivity contribution < 1.29 is 4.79 Å². The highest BCUT2D eigenvalue weighted by Gasteiger charge is 2.21. The van der Waals surface area contributed by atoms with Gasteiger partial charge in [-0.25, -0.2) is 0 Å². The second-order valence-electron chi connectivity index (χ2n) is 4.33. The predicted molar refractivity (Wildman–Crippen MR) is 69.9 cm³/mol. The second-order valence-corrected chi connectivity index (χ2v) is 6.10. The van der Waals surface area contributed by atoms with Crippen LogP contribution in [0.4, 0.5) is 5.69 Å². The van der Waals surface area contributed by atoms with E-state index >= 15 is 0 Å². The van der Waals surface area contributed by atoms with E-state index in [1.165, 1.54) is 0 Å². The van der Waals surface area contributed by atoms with Crippen LogP contribution in [0.1, 0.15) is 20.8 Å². The zero-order valence-corrected chi connectivity index (χ0v) is 12.1. The average Bonchev–Trinajstić information content (AvgIpc) is 2.08. The number of rotatable bonds is 1. The van der Waals surface area contributed by atoms with Gasteiger partial charge in [-0.05, 0) is 34.1 Å². The molecular formula is C11H13Br2NO. The minimum Gasteiger partial charge on any atom is -0.325 e. The third-order valence-electron chi connectivity index (χ3n) is 1.86. The lowest BCUT2D eigenvalue weighted by Crippen LogP contribution is -2.27. The Morgan fingerprint density at radius 3 is 2.33 bits per heavy atom. The van der Waals surface area contributed by atoms with Crippen molar-refractivity contribution in [2.24, 2.45) is 5.41 Å². The van der Waals surface area contributed by atoms with Crippen LogP contribution >= 0.6 is 31.9 Å². The van der Waals surface area contributed by atoms with Crippen molar-refractivity contribution in [3.63, 3.8) is 0 Å². The number of carbonyl (C=O) groups excluding carboxylic acids is 1. The molecule has 2 nitrogen and oxygen atoms in total. The molecular weight excluding hydrogens is 322 g/mol. The van der Waals surface area contributed by atoms with Gasteiger partial charge in [-0.1, -0.05) is 36.7 Å². The molecule has 15 heavy (non-hydrogen) atoms. The molecule has 1 rings (SSSR count). The van der Waals surface area contributed by atoms with Gasteiger partial charge >= 0.3 is 0 Å². The molecule has 0 fully saturated rings. The predicted octanol–water partition coefficient (Wildman–Crippen LogP) is 4.20. The first-order chi connectivity index (χ1) is 6.80. The molecule has 0 bridgehead atoms. The molecule has 1 aromatic carbocycles. The fourth-order valence-electron chi connectivity index (χ4n) is 0.901. The van der Waals surface area contributed by atoms with Crippen LogP contribution < -0.4 is 5.32 Å². The topological polar surface area (TPSA) is 29.1 Å². The number of carbonyl (C=O) groups is 1. The highest BCUT2D eigenvalue weighted by atomic mass is 79.9. The summed E-state index contributed by atoms with van der Waals surface area (Å²) in [4.78, 5) is 11.7. The lowest BCUT2D eigenvalue weighted by molar-refractivity contribution is -0.123. The first-order valence-corrected chi connectivity index (χ1v) is 6.16. The van der Waals surface area contributed by atoms with Crippen LogP contribution in [0.5, 0.6) is 0 Å². The van der Waals surface area contributed by atoms with Gasteiger partial charge in [0.2, 0.25) is 5.91 Å². The van der Waals surface area contributed by atoms with Gasteiger partial charge in [-0.15, -0.1) is 0 Å². The summed E-state index contributed by atoms with van der Waals surface area (Å²) >= 11 is 6.76. The zero-order chi connectivity index (χ0) is 11.6. The number of nitrogens with one attached hydrogen (secondary N) is 1. The second kappa shape index (κ2) is 4.66. The fraction of sp³-hybridized carbons (Fsp3) is 0.364. The molecule has 0 atom stereocenters. The number of benzene rings is 1. The standard InChI is InChI=1S/C11H13Br2NO/c1-11(2,3)10(15)14-9-5-4-7(12)6-8(9)13/h4-6H,1-3H3,(H,14,15). The molecule has 0 aromatic heterocycles. The Morgan fingerprint density at radius 1 is 1.27 bits per heavy atom. The van der Waals surface area contributed by atoms with Crippen LogP contribution in [0.25, 0.3) is 0 Å². The number of hydrogen-bond acceptors (Lipinski definition) is 1. The average molecular weight is 335 g/mol. The van der Waals surface area contributed by atoms with E-state index in [2.05, 4.69) is 37.2 Å². The molecule has 0 aliphatic heterocycles. The van der Waals surface area contributed by atoms with Crippen molar-refractivity contribution in [1.29, 1.82) is 0 Å². The Kier molecular flexibility index (Phi) is 3.95. The van der Waals surface area contributed by atoms with Gasteiger partial charge in [0.25, 0.3) is 0 Å². The molecule has 0 unspecified atom stereocenters. The molecule has 0 spiro atoms. The van der Waals surface area contributed by atoms with Crippen LogP contribution in [0.2, 0.25) is 0 Å². The SMILES string of the molecule is CC(C)(C)C(=O)Nc1ccc(Br)cc1Br. The summed E-state index contributed by atoms with van der Waals surface area (Å²) in [6, 6.07) is 5.65. The third-order valence-corrected chi connectivity index (χ3v) is 3.01. The van der Waals surface area contributed by atoms with Crippen LogP contribution in [-0.4, -0.2) is 5.91 Å². The minimum atomic E-state index is -0.382. The van der Waals surface area contributed by atoms with Crippen molar-refractivity contribution in [3.8, 4) is 0 Å². The lowest BCUT2D eigenvalue weighted by atomic mass is 9.95. The monoisotopic (exact) mass is 333 g/mol. The maximum atomic E-state index is 11.7. The molecule has 0 aliphatic carbocycles. The summed E-state index contributed by atoms with van der Waals surface area (Å²) in [6.07, 6.45) is 0. The highest BCUT2D eigenvalue weighted by molar-refractivity contribution is 9.11. The van der Waals surface area contributed by atoms with E-state index < -0.39 is 0 Å². The van der Waals surface area contributed by atoms with Gasteiger partial charge in [0.05, 0.1) is 5.69 Å². The van der Waals surface area contributed by atoms with E-state index in [1.54, 1.807) is 0 Å². The summed E-state index contributed by atoms with van der Waals surface area (Å²) in [5, 5.41) is 2.87. The van der Waals surface area contributed by atoms with Gasteiger partial charge in [0.15, 0.2) is 0 Å². The lowest BCUT2D eigenvalue weighted by Gasteiger charge is -2.18. The summed E-state index contributed by atoms with van der Waals surface area (Å²) in [5.74, 6) is 0.00511. The van der Waals surface area contributed by atoms with Gasteiger partial charge < -0.3 is 5.32 Å². The Labute approximate surface area is 107 Å². The first kappa shape index (κ1) is 12.7. The molecule has 0 aliphatic rings. The molecule has 0 saturated heterocycles. The van der Waals surface area contributed by atoms with Gasteiger partial charge in [-0.2, -0.15) is 0 Å². The van der Waals surface area contributed by atoms with Crippen molar-refractivity contribution in [3.05, 3.63) is 27.1 Å². The maximum Gasteiger partial charge on any atom is 0.229 e. The van der Waals surface area contributed by atoms with Gasteiger partial charge in [0.1, 0.15) is 0 Å². The van der Waals surface area contributed by atoms with E-state index in [1.807, 2.05) is 39.0 Å².